The minimum atomic E-state index is -2.57. The van der Waals surface area contributed by atoms with Gasteiger partial charge in [-0.3, -0.25) is 28.9 Å². The summed E-state index contributed by atoms with van der Waals surface area (Å²) in [6.07, 6.45) is 5.73. The predicted octanol–water partition coefficient (Wildman–Crippen LogP) is 10.6. The van der Waals surface area contributed by atoms with Crippen molar-refractivity contribution in [3.63, 3.8) is 0 Å². The van der Waals surface area contributed by atoms with Gasteiger partial charge < -0.3 is 29.1 Å². The second-order valence-electron chi connectivity index (χ2n) is 19.1. The lowest BCUT2D eigenvalue weighted by atomic mass is 10.0. The van der Waals surface area contributed by atoms with Crippen LogP contribution in [-0.4, -0.2) is 104 Å². The summed E-state index contributed by atoms with van der Waals surface area (Å²) < 4.78 is 70.3. The molecule has 0 radical (unpaired) electrons. The highest BCUT2D eigenvalue weighted by atomic mass is 19.3. The van der Waals surface area contributed by atoms with Gasteiger partial charge in [0, 0.05) is 123 Å². The molecule has 0 atom stereocenters. The maximum absolute atomic E-state index is 13.7. The molecule has 6 aliphatic heterocycles. The maximum Gasteiger partial charge on any atom is 0.265 e. The van der Waals surface area contributed by atoms with Crippen LogP contribution in [0.5, 0.6) is 0 Å². The number of alkyl halides is 4. The largest absolute Gasteiger partial charge is 0.381 e. The normalized spacial score (nSPS) is 19.1. The van der Waals surface area contributed by atoms with Crippen molar-refractivity contribution in [1.29, 1.82) is 0 Å². The number of aromatic nitrogens is 6. The van der Waals surface area contributed by atoms with Crippen molar-refractivity contribution in [3.8, 4) is 0 Å². The van der Waals surface area contributed by atoms with Gasteiger partial charge in [0.05, 0.1) is 47.9 Å². The van der Waals surface area contributed by atoms with Crippen molar-refractivity contribution >= 4 is 34.8 Å². The number of rotatable bonds is 8. The first kappa shape index (κ1) is 52.2. The fourth-order valence-electron chi connectivity index (χ4n) is 11.1. The summed E-state index contributed by atoms with van der Waals surface area (Å²) in [6, 6.07) is 3.72. The number of fused-ring (bicyclic) bond motifs is 4. The zero-order valence-corrected chi connectivity index (χ0v) is 42.9. The van der Waals surface area contributed by atoms with E-state index in [1.807, 2.05) is 44.4 Å². The van der Waals surface area contributed by atoms with Crippen LogP contribution in [0.3, 0.4) is 0 Å². The van der Waals surface area contributed by atoms with Gasteiger partial charge in [-0.1, -0.05) is 34.6 Å². The molecule has 71 heavy (non-hydrogen) atoms. The van der Waals surface area contributed by atoms with Crippen LogP contribution in [0.1, 0.15) is 174 Å². The third-order valence-corrected chi connectivity index (χ3v) is 14.9. The highest BCUT2D eigenvalue weighted by molar-refractivity contribution is 5.82. The number of carbonyl (C=O) groups is 2. The molecule has 18 heteroatoms. The van der Waals surface area contributed by atoms with Crippen LogP contribution in [-0.2, 0) is 57.8 Å². The predicted molar refractivity (Wildman–Crippen MR) is 265 cm³/mol. The number of nitrogens with zero attached hydrogens (tertiary/aromatic N) is 10. The topological polar surface area (TPSA) is 127 Å². The number of ether oxygens (including phenoxy) is 2. The van der Waals surface area contributed by atoms with E-state index in [1.165, 1.54) is 11.4 Å². The Morgan fingerprint density at radius 1 is 0.620 bits per heavy atom. The molecule has 11 rings (SSSR count). The van der Waals surface area contributed by atoms with Gasteiger partial charge in [-0.2, -0.15) is 10.2 Å². The molecule has 388 valence electrons. The molecule has 1 aliphatic carbocycles. The molecule has 0 spiro atoms. The van der Waals surface area contributed by atoms with Crippen molar-refractivity contribution in [1.82, 2.24) is 39.3 Å². The van der Waals surface area contributed by atoms with Gasteiger partial charge in [0.15, 0.2) is 11.6 Å². The molecule has 14 nitrogen and oxygen atoms in total. The molecule has 7 aliphatic rings. The Morgan fingerprint density at radius 2 is 1.04 bits per heavy atom. The zero-order chi connectivity index (χ0) is 50.5. The Hall–Kier alpha value is -5.10. The molecule has 0 bridgehead atoms. The standard InChI is InChI=1S/C25H31F2N5O2.C24H31F2N5O2.2C2H6/c1-15-18(23(26)27)13-22-20(28-15)3-2-9-31(22)24-19-14-30(25(33)16-4-5-16)10-6-21(19)32(29-24)17-7-11-34-12-8-17;1-3-22(32)29-10-6-20-18(14-29)24(28-31(20)16-7-11-33-12-8-16)30-9-4-5-19-21(30)13-17(23(25)26)15(2)27-19;2*1-2/h13,16-17,23H,2-12,14H2,1H3;13,16,23H,3-12,14H2,1-2H3;2*1-2H3. The Kier molecular flexibility index (Phi) is 17.1. The van der Waals surface area contributed by atoms with E-state index in [1.54, 1.807) is 26.0 Å². The van der Waals surface area contributed by atoms with Gasteiger partial charge >= 0.3 is 0 Å². The van der Waals surface area contributed by atoms with Gasteiger partial charge in [0.2, 0.25) is 11.8 Å². The summed E-state index contributed by atoms with van der Waals surface area (Å²) in [5.74, 6) is 2.14. The summed E-state index contributed by atoms with van der Waals surface area (Å²) in [5, 5.41) is 10.2. The first-order valence-electron chi connectivity index (χ1n) is 26.5. The lowest BCUT2D eigenvalue weighted by Gasteiger charge is -2.33. The minimum absolute atomic E-state index is 0.0195. The van der Waals surface area contributed by atoms with Crippen LogP contribution in [0.25, 0.3) is 0 Å². The molecular weight excluding hydrogens is 917 g/mol. The van der Waals surface area contributed by atoms with E-state index in [0.29, 0.717) is 83.5 Å². The SMILES string of the molecule is CC.CC.CCC(=O)N1CCc2c(c(N3CCCc4nc(C)c(C(F)F)cc43)nn2C2CCOCC2)C1.Cc1nc2c(cc1C(F)F)N(c1nn(C3CCOCC3)c3c1CN(C(=O)C1CC1)CC3)CCC2. The number of amides is 2. The Bertz CT molecular complexity index is 2500. The van der Waals surface area contributed by atoms with E-state index in [9.17, 15) is 27.2 Å². The van der Waals surface area contributed by atoms with E-state index >= 15 is 0 Å². The average molecular weight is 991 g/mol. The number of hydrogen-bond acceptors (Lipinski definition) is 10. The molecule has 2 amide bonds. The Morgan fingerprint density at radius 3 is 1.45 bits per heavy atom. The summed E-state index contributed by atoms with van der Waals surface area (Å²) >= 11 is 0. The van der Waals surface area contributed by atoms with Crippen molar-refractivity contribution < 1.29 is 36.6 Å². The lowest BCUT2D eigenvalue weighted by Crippen LogP contribution is -2.38. The fraction of sp³-hybridized carbons (Fsp3) is 0.660. The fourth-order valence-corrected chi connectivity index (χ4v) is 11.1. The van der Waals surface area contributed by atoms with E-state index in [-0.39, 0.29) is 40.9 Å². The van der Waals surface area contributed by atoms with E-state index in [4.69, 9.17) is 19.7 Å². The van der Waals surface area contributed by atoms with Crippen LogP contribution in [0.15, 0.2) is 12.1 Å². The van der Waals surface area contributed by atoms with Crippen LogP contribution < -0.4 is 9.80 Å². The molecule has 3 fully saturated rings. The Labute approximate surface area is 416 Å². The molecular formula is C53H74F4N10O4. The second-order valence-corrected chi connectivity index (χ2v) is 19.1. The summed E-state index contributed by atoms with van der Waals surface area (Å²) in [4.78, 5) is 42.5. The lowest BCUT2D eigenvalue weighted by molar-refractivity contribution is -0.133. The smallest absolute Gasteiger partial charge is 0.265 e. The van der Waals surface area contributed by atoms with Crippen molar-refractivity contribution in [3.05, 3.63) is 68.6 Å². The minimum Gasteiger partial charge on any atom is -0.381 e. The van der Waals surface area contributed by atoms with Crippen molar-refractivity contribution in [2.45, 2.75) is 170 Å². The zero-order valence-electron chi connectivity index (χ0n) is 42.9. The molecule has 2 saturated heterocycles. The molecule has 1 saturated carbocycles. The number of pyridine rings is 2. The van der Waals surface area contributed by atoms with Crippen LogP contribution in [0.4, 0.5) is 40.6 Å². The third kappa shape index (κ3) is 10.8. The summed E-state index contributed by atoms with van der Waals surface area (Å²) in [6.45, 7) is 19.9. The van der Waals surface area contributed by atoms with E-state index in [0.717, 1.165) is 123 Å². The van der Waals surface area contributed by atoms with Crippen LogP contribution in [0.2, 0.25) is 0 Å². The quantitative estimate of drug-likeness (QED) is 0.157. The third-order valence-electron chi connectivity index (χ3n) is 14.9. The van der Waals surface area contributed by atoms with E-state index < -0.39 is 12.9 Å². The van der Waals surface area contributed by atoms with Crippen molar-refractivity contribution in [2.75, 3.05) is 62.4 Å². The number of aryl methyl sites for hydroxylation is 4. The second kappa shape index (κ2) is 23.2. The highest BCUT2D eigenvalue weighted by Gasteiger charge is 2.39. The van der Waals surface area contributed by atoms with Gasteiger partial charge in [-0.05, 0) is 90.2 Å². The van der Waals surface area contributed by atoms with Gasteiger partial charge in [0.1, 0.15) is 0 Å². The maximum atomic E-state index is 13.7. The summed E-state index contributed by atoms with van der Waals surface area (Å²) in [5.41, 5.74) is 8.35. The number of hydrogen-bond donors (Lipinski definition) is 0. The monoisotopic (exact) mass is 991 g/mol. The van der Waals surface area contributed by atoms with E-state index in [2.05, 4.69) is 29.1 Å². The first-order valence-corrected chi connectivity index (χ1v) is 26.5. The molecule has 4 aromatic rings. The first-order chi connectivity index (χ1) is 34.5. The van der Waals surface area contributed by atoms with Gasteiger partial charge in [-0.15, -0.1) is 0 Å². The van der Waals surface area contributed by atoms with Gasteiger partial charge in [0.25, 0.3) is 12.9 Å². The van der Waals surface area contributed by atoms with Crippen molar-refractivity contribution in [2.24, 2.45) is 5.92 Å². The molecule has 0 N–H and O–H groups in total. The number of halogens is 4. The summed E-state index contributed by atoms with van der Waals surface area (Å²) in [7, 11) is 0. The van der Waals surface area contributed by atoms with Crippen LogP contribution >= 0.6 is 0 Å². The van der Waals surface area contributed by atoms with Gasteiger partial charge in [-0.25, -0.2) is 17.6 Å². The Balaban J connectivity index is 0.000000178. The average Bonchev–Trinajstić information content (AvgIpc) is 4.09. The highest BCUT2D eigenvalue weighted by Crippen LogP contribution is 2.44. The molecule has 0 aromatic carbocycles. The molecule has 0 unspecified atom stereocenters. The molecule has 10 heterocycles. The molecule has 4 aromatic heterocycles. The number of carbonyl (C=O) groups excluding carboxylic acids is 2. The number of anilines is 4. The van der Waals surface area contributed by atoms with Crippen LogP contribution in [0, 0.1) is 19.8 Å².